The average molecular weight is 451 g/mol. The highest BCUT2D eigenvalue weighted by atomic mass is 35.5. The van der Waals surface area contributed by atoms with Crippen molar-refractivity contribution in [3.63, 3.8) is 0 Å². The van der Waals surface area contributed by atoms with Gasteiger partial charge in [0.1, 0.15) is 19.8 Å². The van der Waals surface area contributed by atoms with E-state index < -0.39 is 10.0 Å². The molecular weight excluding hydrogens is 428 g/mol. The maximum atomic E-state index is 13.6. The predicted molar refractivity (Wildman–Crippen MR) is 114 cm³/mol. The summed E-state index contributed by atoms with van der Waals surface area (Å²) in [5, 5.41) is 0.389. The van der Waals surface area contributed by atoms with E-state index in [9.17, 15) is 13.2 Å². The van der Waals surface area contributed by atoms with Gasteiger partial charge in [0, 0.05) is 24.2 Å². The number of hydrogen-bond acceptors (Lipinski definition) is 5. The quantitative estimate of drug-likeness (QED) is 0.698. The monoisotopic (exact) mass is 450 g/mol. The van der Waals surface area contributed by atoms with Crippen LogP contribution in [0.15, 0.2) is 47.4 Å². The van der Waals surface area contributed by atoms with Crippen LogP contribution in [-0.2, 0) is 14.8 Å². The zero-order chi connectivity index (χ0) is 21.1. The van der Waals surface area contributed by atoms with E-state index >= 15 is 0 Å². The summed E-state index contributed by atoms with van der Waals surface area (Å²) in [5.74, 6) is 0.644. The van der Waals surface area contributed by atoms with Crippen molar-refractivity contribution in [2.75, 3.05) is 37.2 Å². The van der Waals surface area contributed by atoms with Crippen molar-refractivity contribution in [2.45, 2.75) is 24.2 Å². The second-order valence-corrected chi connectivity index (χ2v) is 9.54. The van der Waals surface area contributed by atoms with Crippen LogP contribution in [0.1, 0.15) is 19.3 Å². The molecule has 1 amide bonds. The van der Waals surface area contributed by atoms with E-state index in [0.717, 1.165) is 23.6 Å². The minimum Gasteiger partial charge on any atom is -0.486 e. The Hall–Kier alpha value is -2.45. The van der Waals surface area contributed by atoms with Crippen molar-refractivity contribution in [2.24, 2.45) is 0 Å². The molecule has 0 N–H and O–H groups in total. The number of likely N-dealkylation sites (tertiary alicyclic amines) is 1. The van der Waals surface area contributed by atoms with Gasteiger partial charge in [-0.1, -0.05) is 17.7 Å². The molecule has 0 unspecified atom stereocenters. The van der Waals surface area contributed by atoms with Crippen LogP contribution in [0.2, 0.25) is 5.02 Å². The Balaban J connectivity index is 1.69. The molecule has 2 aromatic rings. The largest absolute Gasteiger partial charge is 0.486 e. The van der Waals surface area contributed by atoms with Crippen molar-refractivity contribution in [1.82, 2.24) is 4.90 Å². The number of benzene rings is 2. The molecule has 1 saturated heterocycles. The van der Waals surface area contributed by atoms with E-state index in [1.165, 1.54) is 12.1 Å². The lowest BCUT2D eigenvalue weighted by atomic mass is 10.1. The first-order valence-corrected chi connectivity index (χ1v) is 11.7. The molecule has 30 heavy (non-hydrogen) atoms. The van der Waals surface area contributed by atoms with Crippen LogP contribution in [-0.4, -0.2) is 52.1 Å². The fraction of sp³-hybridized carbons (Fsp3) is 0.381. The van der Waals surface area contributed by atoms with Gasteiger partial charge in [-0.3, -0.25) is 9.10 Å². The lowest BCUT2D eigenvalue weighted by molar-refractivity contribution is -0.130. The zero-order valence-electron chi connectivity index (χ0n) is 16.4. The van der Waals surface area contributed by atoms with Gasteiger partial charge in [-0.2, -0.15) is 0 Å². The van der Waals surface area contributed by atoms with E-state index in [0.29, 0.717) is 48.5 Å². The van der Waals surface area contributed by atoms with E-state index in [1.807, 2.05) is 0 Å². The molecule has 4 rings (SSSR count). The summed E-state index contributed by atoms with van der Waals surface area (Å²) in [6, 6.07) is 11.0. The molecule has 0 radical (unpaired) electrons. The lowest BCUT2D eigenvalue weighted by Crippen LogP contribution is -2.44. The molecule has 0 bridgehead atoms. The first-order valence-electron chi connectivity index (χ1n) is 9.91. The molecule has 9 heteroatoms. The molecule has 2 aliphatic heterocycles. The number of carbonyl (C=O) groups is 1. The maximum absolute atomic E-state index is 13.6. The highest BCUT2D eigenvalue weighted by Gasteiger charge is 2.30. The molecule has 1 fully saturated rings. The van der Waals surface area contributed by atoms with Crippen LogP contribution >= 0.6 is 11.6 Å². The topological polar surface area (TPSA) is 76.2 Å². The van der Waals surface area contributed by atoms with Gasteiger partial charge in [0.25, 0.3) is 10.0 Å². The van der Waals surface area contributed by atoms with E-state index in [1.54, 1.807) is 35.2 Å². The smallest absolute Gasteiger partial charge is 0.264 e. The summed E-state index contributed by atoms with van der Waals surface area (Å²) in [4.78, 5) is 14.7. The number of rotatable bonds is 5. The molecule has 2 aromatic carbocycles. The number of ether oxygens (including phenoxy) is 2. The number of halogens is 1. The van der Waals surface area contributed by atoms with Crippen LogP contribution in [0.3, 0.4) is 0 Å². The van der Waals surface area contributed by atoms with Crippen molar-refractivity contribution in [3.05, 3.63) is 47.5 Å². The lowest BCUT2D eigenvalue weighted by Gasteiger charge is -2.31. The predicted octanol–water partition coefficient (Wildman–Crippen LogP) is 3.32. The maximum Gasteiger partial charge on any atom is 0.264 e. The Morgan fingerprint density at radius 2 is 1.73 bits per heavy atom. The van der Waals surface area contributed by atoms with Crippen LogP contribution in [0, 0.1) is 0 Å². The van der Waals surface area contributed by atoms with E-state index in [2.05, 4.69) is 0 Å². The molecule has 0 aromatic heterocycles. The van der Waals surface area contributed by atoms with Crippen LogP contribution in [0.5, 0.6) is 11.5 Å². The van der Waals surface area contributed by atoms with Crippen LogP contribution in [0.25, 0.3) is 0 Å². The first kappa shape index (κ1) is 20.8. The van der Waals surface area contributed by atoms with Crippen molar-refractivity contribution in [1.29, 1.82) is 0 Å². The second-order valence-electron chi connectivity index (χ2n) is 7.24. The Kier molecular flexibility index (Phi) is 6.06. The fourth-order valence-electron chi connectivity index (χ4n) is 3.62. The van der Waals surface area contributed by atoms with Crippen LogP contribution < -0.4 is 13.8 Å². The number of hydrogen-bond donors (Lipinski definition) is 0. The Labute approximate surface area is 181 Å². The number of piperidine rings is 1. The summed E-state index contributed by atoms with van der Waals surface area (Å²) in [6.07, 6.45) is 2.94. The van der Waals surface area contributed by atoms with Gasteiger partial charge in [-0.15, -0.1) is 0 Å². The SMILES string of the molecule is O=C(CN(c1cccc(Cl)c1)S(=O)(=O)c1ccc2c(c1)OCCO2)N1CCCCC1. The normalized spacial score (nSPS) is 16.2. The average Bonchev–Trinajstić information content (AvgIpc) is 2.77. The number of nitrogens with zero attached hydrogens (tertiary/aromatic N) is 2. The number of anilines is 1. The van der Waals surface area contributed by atoms with Crippen LogP contribution in [0.4, 0.5) is 5.69 Å². The fourth-order valence-corrected chi connectivity index (χ4v) is 5.23. The standard InChI is InChI=1S/C21H23ClN2O5S/c22-16-5-4-6-17(13-16)24(15-21(25)23-9-2-1-3-10-23)30(26,27)18-7-8-19-20(14-18)29-12-11-28-19/h4-8,13-14H,1-3,9-12,15H2. The zero-order valence-corrected chi connectivity index (χ0v) is 18.0. The third-order valence-electron chi connectivity index (χ3n) is 5.19. The summed E-state index contributed by atoms with van der Waals surface area (Å²) in [5.41, 5.74) is 0.336. The summed E-state index contributed by atoms with van der Waals surface area (Å²) in [6.45, 7) is 1.76. The molecule has 2 heterocycles. The second kappa shape index (κ2) is 8.73. The first-order chi connectivity index (χ1) is 14.4. The molecule has 160 valence electrons. The Bertz CT molecular complexity index is 1040. The van der Waals surface area contributed by atoms with Gasteiger partial charge in [0.05, 0.1) is 10.6 Å². The van der Waals surface area contributed by atoms with Gasteiger partial charge in [-0.25, -0.2) is 8.42 Å². The minimum absolute atomic E-state index is 0.0261. The number of amides is 1. The van der Waals surface area contributed by atoms with Gasteiger partial charge in [0.2, 0.25) is 5.91 Å². The third kappa shape index (κ3) is 4.34. The third-order valence-corrected chi connectivity index (χ3v) is 7.19. The molecule has 0 spiro atoms. The highest BCUT2D eigenvalue weighted by molar-refractivity contribution is 7.92. The van der Waals surface area contributed by atoms with Gasteiger partial charge >= 0.3 is 0 Å². The van der Waals surface area contributed by atoms with Gasteiger partial charge in [-0.05, 0) is 49.6 Å². The number of fused-ring (bicyclic) bond motifs is 1. The Morgan fingerprint density at radius 3 is 2.47 bits per heavy atom. The summed E-state index contributed by atoms with van der Waals surface area (Å²) >= 11 is 6.11. The van der Waals surface area contributed by atoms with Crippen molar-refractivity contribution >= 4 is 33.2 Å². The minimum atomic E-state index is -4.05. The number of sulfonamides is 1. The Morgan fingerprint density at radius 1 is 1.00 bits per heavy atom. The highest BCUT2D eigenvalue weighted by Crippen LogP contribution is 2.34. The molecular formula is C21H23ClN2O5S. The summed E-state index contributed by atoms with van der Waals surface area (Å²) in [7, 11) is -4.05. The van der Waals surface area contributed by atoms with Crippen molar-refractivity contribution < 1.29 is 22.7 Å². The van der Waals surface area contributed by atoms with Crippen molar-refractivity contribution in [3.8, 4) is 11.5 Å². The number of carbonyl (C=O) groups excluding carboxylic acids is 1. The molecule has 0 atom stereocenters. The molecule has 2 aliphatic rings. The van der Waals surface area contributed by atoms with Gasteiger partial charge < -0.3 is 14.4 Å². The van der Waals surface area contributed by atoms with E-state index in [-0.39, 0.29) is 17.3 Å². The molecule has 0 saturated carbocycles. The summed E-state index contributed by atoms with van der Waals surface area (Å²) < 4.78 is 39.3. The molecule has 0 aliphatic carbocycles. The van der Waals surface area contributed by atoms with E-state index in [4.69, 9.17) is 21.1 Å². The molecule has 7 nitrogen and oxygen atoms in total. The van der Waals surface area contributed by atoms with Gasteiger partial charge in [0.15, 0.2) is 11.5 Å².